The van der Waals surface area contributed by atoms with Crippen molar-refractivity contribution in [2.24, 2.45) is 5.92 Å². The summed E-state index contributed by atoms with van der Waals surface area (Å²) in [7, 11) is 0. The van der Waals surface area contributed by atoms with E-state index in [0.29, 0.717) is 0 Å². The van der Waals surface area contributed by atoms with Gasteiger partial charge in [0.15, 0.2) is 0 Å². The third kappa shape index (κ3) is 3.20. The number of rotatable bonds is 2. The Hall–Kier alpha value is -2.39. The maximum atomic E-state index is 13.4. The molecule has 23 heavy (non-hydrogen) atoms. The van der Waals surface area contributed by atoms with Gasteiger partial charge in [0, 0.05) is 13.1 Å². The minimum Gasteiger partial charge on any atom is -0.465 e. The monoisotopic (exact) mass is 339 g/mol. The van der Waals surface area contributed by atoms with E-state index >= 15 is 0 Å². The first-order chi connectivity index (χ1) is 10.7. The molecular weight excluding hydrogens is 329 g/mol. The third-order valence-electron chi connectivity index (χ3n) is 3.47. The predicted molar refractivity (Wildman–Crippen MR) is 64.2 cm³/mol. The van der Waals surface area contributed by atoms with E-state index in [4.69, 9.17) is 5.11 Å². The number of carbonyl (C=O) groups is 2. The van der Waals surface area contributed by atoms with Crippen LogP contribution in [-0.4, -0.2) is 35.2 Å². The number of hydrogen-bond donors (Lipinski definition) is 1. The standard InChI is InChI=1S/C13H10F5NO4/c14-6-7(15)9(17)11(10(18)8(6)16)23-12(20)5-1-3-19(4-2-5)13(21)22/h5H,1-4H2,(H,21,22). The Labute approximate surface area is 126 Å². The maximum Gasteiger partial charge on any atom is 0.407 e. The summed E-state index contributed by atoms with van der Waals surface area (Å²) >= 11 is 0. The summed E-state index contributed by atoms with van der Waals surface area (Å²) in [6.07, 6.45) is -1.15. The average molecular weight is 339 g/mol. The SMILES string of the molecule is O=C(Oc1c(F)c(F)c(F)c(F)c1F)C1CCN(C(=O)O)CC1. The number of halogens is 5. The Morgan fingerprint density at radius 1 is 0.913 bits per heavy atom. The minimum absolute atomic E-state index is 0.00773. The number of amides is 1. The molecule has 0 aliphatic carbocycles. The number of likely N-dealkylation sites (tertiary alicyclic amines) is 1. The summed E-state index contributed by atoms with van der Waals surface area (Å²) in [5.74, 6) is -15.0. The third-order valence-corrected chi connectivity index (χ3v) is 3.47. The Morgan fingerprint density at radius 3 is 1.78 bits per heavy atom. The molecule has 0 saturated carbocycles. The van der Waals surface area contributed by atoms with Gasteiger partial charge in [-0.05, 0) is 12.8 Å². The molecule has 10 heteroatoms. The molecule has 0 spiro atoms. The zero-order valence-corrected chi connectivity index (χ0v) is 11.4. The molecule has 126 valence electrons. The van der Waals surface area contributed by atoms with E-state index in [0.717, 1.165) is 4.90 Å². The van der Waals surface area contributed by atoms with Crippen LogP contribution in [-0.2, 0) is 4.79 Å². The number of hydrogen-bond acceptors (Lipinski definition) is 3. The minimum atomic E-state index is -2.35. The van der Waals surface area contributed by atoms with Gasteiger partial charge in [-0.25, -0.2) is 18.0 Å². The van der Waals surface area contributed by atoms with Crippen molar-refractivity contribution in [3.05, 3.63) is 29.1 Å². The van der Waals surface area contributed by atoms with Gasteiger partial charge in [-0.3, -0.25) is 4.79 Å². The number of ether oxygens (including phenoxy) is 1. The van der Waals surface area contributed by atoms with Crippen molar-refractivity contribution in [1.82, 2.24) is 4.90 Å². The van der Waals surface area contributed by atoms with Crippen LogP contribution in [0, 0.1) is 35.0 Å². The average Bonchev–Trinajstić information content (AvgIpc) is 2.55. The summed E-state index contributed by atoms with van der Waals surface area (Å²) in [5, 5.41) is 8.75. The van der Waals surface area contributed by atoms with E-state index < -0.39 is 52.8 Å². The molecule has 1 saturated heterocycles. The highest BCUT2D eigenvalue weighted by Crippen LogP contribution is 2.30. The molecule has 0 atom stereocenters. The zero-order chi connectivity index (χ0) is 17.3. The van der Waals surface area contributed by atoms with Crippen molar-refractivity contribution in [3.63, 3.8) is 0 Å². The molecule has 1 fully saturated rings. The van der Waals surface area contributed by atoms with Crippen LogP contribution in [0.15, 0.2) is 0 Å². The second-order valence-electron chi connectivity index (χ2n) is 4.86. The molecule has 5 nitrogen and oxygen atoms in total. The van der Waals surface area contributed by atoms with Crippen LogP contribution in [0.1, 0.15) is 12.8 Å². The molecular formula is C13H10F5NO4. The lowest BCUT2D eigenvalue weighted by molar-refractivity contribution is -0.140. The van der Waals surface area contributed by atoms with Gasteiger partial charge < -0.3 is 14.7 Å². The van der Waals surface area contributed by atoms with Crippen molar-refractivity contribution in [1.29, 1.82) is 0 Å². The molecule has 0 bridgehead atoms. The van der Waals surface area contributed by atoms with Gasteiger partial charge in [0.05, 0.1) is 5.92 Å². The van der Waals surface area contributed by atoms with Crippen molar-refractivity contribution in [2.75, 3.05) is 13.1 Å². The Bertz CT molecular complexity index is 629. The fourth-order valence-electron chi connectivity index (χ4n) is 2.16. The van der Waals surface area contributed by atoms with Gasteiger partial charge in [0.1, 0.15) is 0 Å². The molecule has 1 aliphatic rings. The quantitative estimate of drug-likeness (QED) is 0.296. The van der Waals surface area contributed by atoms with Gasteiger partial charge in [0.25, 0.3) is 0 Å². The summed E-state index contributed by atoms with van der Waals surface area (Å²) in [4.78, 5) is 23.5. The van der Waals surface area contributed by atoms with Gasteiger partial charge in [-0.15, -0.1) is 0 Å². The van der Waals surface area contributed by atoms with E-state index in [-0.39, 0.29) is 25.9 Å². The zero-order valence-electron chi connectivity index (χ0n) is 11.4. The molecule has 1 heterocycles. The molecule has 1 aromatic rings. The normalized spacial score (nSPS) is 15.6. The number of esters is 1. The van der Waals surface area contributed by atoms with Crippen LogP contribution in [0.3, 0.4) is 0 Å². The van der Waals surface area contributed by atoms with Gasteiger partial charge in [-0.2, -0.15) is 8.78 Å². The Kier molecular flexibility index (Phi) is 4.71. The molecule has 1 amide bonds. The van der Waals surface area contributed by atoms with Crippen molar-refractivity contribution in [2.45, 2.75) is 12.8 Å². The predicted octanol–water partition coefficient (Wildman–Crippen LogP) is 2.68. The van der Waals surface area contributed by atoms with Gasteiger partial charge in [-0.1, -0.05) is 0 Å². The van der Waals surface area contributed by atoms with E-state index in [1.54, 1.807) is 0 Å². The molecule has 1 N–H and O–H groups in total. The second-order valence-corrected chi connectivity index (χ2v) is 4.86. The lowest BCUT2D eigenvalue weighted by Crippen LogP contribution is -2.40. The lowest BCUT2D eigenvalue weighted by Gasteiger charge is -2.28. The van der Waals surface area contributed by atoms with E-state index in [1.807, 2.05) is 0 Å². The number of benzene rings is 1. The Balaban J connectivity index is 2.14. The van der Waals surface area contributed by atoms with Crippen LogP contribution >= 0.6 is 0 Å². The summed E-state index contributed by atoms with van der Waals surface area (Å²) in [6.45, 7) is -0.0155. The lowest BCUT2D eigenvalue weighted by atomic mass is 9.97. The van der Waals surface area contributed by atoms with E-state index in [1.165, 1.54) is 0 Å². The highest BCUT2D eigenvalue weighted by Gasteiger charge is 2.32. The molecule has 0 aromatic heterocycles. The van der Waals surface area contributed by atoms with Crippen molar-refractivity contribution >= 4 is 12.1 Å². The molecule has 1 aromatic carbocycles. The van der Waals surface area contributed by atoms with Crippen LogP contribution in [0.25, 0.3) is 0 Å². The number of piperidine rings is 1. The fourth-order valence-corrected chi connectivity index (χ4v) is 2.16. The van der Waals surface area contributed by atoms with E-state index in [2.05, 4.69) is 4.74 Å². The van der Waals surface area contributed by atoms with Crippen molar-refractivity contribution in [3.8, 4) is 5.75 Å². The first-order valence-electron chi connectivity index (χ1n) is 6.45. The topological polar surface area (TPSA) is 66.8 Å². The van der Waals surface area contributed by atoms with Gasteiger partial charge in [0.2, 0.25) is 34.8 Å². The van der Waals surface area contributed by atoms with Crippen LogP contribution in [0.4, 0.5) is 26.7 Å². The fraction of sp³-hybridized carbons (Fsp3) is 0.385. The number of carboxylic acid groups (broad SMARTS) is 1. The largest absolute Gasteiger partial charge is 0.465 e. The number of carbonyl (C=O) groups excluding carboxylic acids is 1. The number of nitrogens with zero attached hydrogens (tertiary/aromatic N) is 1. The Morgan fingerprint density at radius 2 is 1.35 bits per heavy atom. The van der Waals surface area contributed by atoms with Crippen LogP contribution < -0.4 is 4.74 Å². The maximum absolute atomic E-state index is 13.4. The summed E-state index contributed by atoms with van der Waals surface area (Å²) in [5.41, 5.74) is 0. The smallest absolute Gasteiger partial charge is 0.407 e. The van der Waals surface area contributed by atoms with Crippen molar-refractivity contribution < 1.29 is 41.4 Å². The van der Waals surface area contributed by atoms with Crippen LogP contribution in [0.5, 0.6) is 5.75 Å². The second kappa shape index (κ2) is 6.39. The molecule has 2 rings (SSSR count). The highest BCUT2D eigenvalue weighted by molar-refractivity contribution is 5.76. The molecule has 0 unspecified atom stereocenters. The summed E-state index contributed by atoms with van der Waals surface area (Å²) < 4.78 is 70.1. The molecule has 0 radical (unpaired) electrons. The van der Waals surface area contributed by atoms with E-state index in [9.17, 15) is 31.5 Å². The summed E-state index contributed by atoms with van der Waals surface area (Å²) in [6, 6.07) is 0. The van der Waals surface area contributed by atoms with Crippen LogP contribution in [0.2, 0.25) is 0 Å². The van der Waals surface area contributed by atoms with Gasteiger partial charge >= 0.3 is 12.1 Å². The first kappa shape index (κ1) is 17.0. The molecule has 1 aliphatic heterocycles. The highest BCUT2D eigenvalue weighted by atomic mass is 19.2. The first-order valence-corrected chi connectivity index (χ1v) is 6.45.